The summed E-state index contributed by atoms with van der Waals surface area (Å²) in [6, 6.07) is 4.24. The summed E-state index contributed by atoms with van der Waals surface area (Å²) in [6.45, 7) is 0.369. The van der Waals surface area contributed by atoms with Crippen LogP contribution in [0.2, 0.25) is 0 Å². The molecule has 146 valence electrons. The smallest absolute Gasteiger partial charge is 0.341 e. The lowest BCUT2D eigenvalue weighted by atomic mass is 9.88. The van der Waals surface area contributed by atoms with Crippen molar-refractivity contribution in [3.8, 4) is 0 Å². The van der Waals surface area contributed by atoms with Crippen molar-refractivity contribution >= 4 is 18.3 Å². The van der Waals surface area contributed by atoms with Crippen LogP contribution in [0.4, 0.5) is 22.0 Å². The topological polar surface area (TPSA) is 32.3 Å². The number of hydrogen-bond donors (Lipinski definition) is 1. The molecule has 9 heteroatoms. The summed E-state index contributed by atoms with van der Waals surface area (Å²) >= 11 is 0. The number of amides is 1. The molecule has 1 N–H and O–H groups in total. The van der Waals surface area contributed by atoms with Crippen LogP contribution < -0.4 is 5.32 Å². The second-order valence-corrected chi connectivity index (χ2v) is 6.71. The van der Waals surface area contributed by atoms with Crippen molar-refractivity contribution in [1.82, 2.24) is 10.2 Å². The standard InChI is InChI=1S/C17H19F5N2O.ClH/c18-16(19)9-14(23-10-16)15(25)24-7-5-12(6-8-24)11-1-3-13(4-2-11)17(20,21)22;/h1-4,12,14,23H,5-10H2;1H. The first-order chi connectivity index (χ1) is 11.7. The molecule has 1 amide bonds. The quantitative estimate of drug-likeness (QED) is 0.768. The van der Waals surface area contributed by atoms with Gasteiger partial charge in [0.2, 0.25) is 5.91 Å². The van der Waals surface area contributed by atoms with Crippen LogP contribution in [0, 0.1) is 0 Å². The van der Waals surface area contributed by atoms with Gasteiger partial charge in [-0.05, 0) is 36.5 Å². The van der Waals surface area contributed by atoms with E-state index in [9.17, 15) is 26.7 Å². The van der Waals surface area contributed by atoms with Crippen LogP contribution in [0.3, 0.4) is 0 Å². The molecule has 0 bridgehead atoms. The number of nitrogens with zero attached hydrogens (tertiary/aromatic N) is 1. The van der Waals surface area contributed by atoms with Crippen LogP contribution in [0.5, 0.6) is 0 Å². The molecular formula is C17H20ClF5N2O. The van der Waals surface area contributed by atoms with Gasteiger partial charge in [0.25, 0.3) is 5.92 Å². The lowest BCUT2D eigenvalue weighted by Gasteiger charge is -2.33. The van der Waals surface area contributed by atoms with Crippen molar-refractivity contribution in [3.63, 3.8) is 0 Å². The lowest BCUT2D eigenvalue weighted by molar-refractivity contribution is -0.137. The van der Waals surface area contributed by atoms with E-state index in [2.05, 4.69) is 5.32 Å². The molecule has 1 unspecified atom stereocenters. The average molecular weight is 399 g/mol. The van der Waals surface area contributed by atoms with E-state index >= 15 is 0 Å². The summed E-state index contributed by atoms with van der Waals surface area (Å²) in [5.74, 6) is -3.09. The van der Waals surface area contributed by atoms with Crippen molar-refractivity contribution in [1.29, 1.82) is 0 Å². The minimum atomic E-state index is -4.36. The molecule has 0 saturated carbocycles. The fraction of sp³-hybridized carbons (Fsp3) is 0.588. The number of alkyl halides is 5. The van der Waals surface area contributed by atoms with E-state index in [1.807, 2.05) is 0 Å². The Hall–Kier alpha value is -1.41. The summed E-state index contributed by atoms with van der Waals surface area (Å²) in [4.78, 5) is 13.9. The number of carbonyl (C=O) groups excluding carboxylic acids is 1. The Balaban J connectivity index is 0.00000243. The zero-order valence-electron chi connectivity index (χ0n) is 13.9. The predicted molar refractivity (Wildman–Crippen MR) is 88.6 cm³/mol. The summed E-state index contributed by atoms with van der Waals surface area (Å²) < 4.78 is 64.2. The van der Waals surface area contributed by atoms with Crippen LogP contribution in [-0.4, -0.2) is 42.4 Å². The SMILES string of the molecule is Cl.O=C(C1CC(F)(F)CN1)N1CCC(c2ccc(C(F)(F)F)cc2)CC1. The van der Waals surface area contributed by atoms with Crippen LogP contribution in [0.15, 0.2) is 24.3 Å². The molecule has 0 aliphatic carbocycles. The molecule has 3 rings (SSSR count). The Morgan fingerprint density at radius 1 is 1.12 bits per heavy atom. The maximum absolute atomic E-state index is 13.2. The number of piperidine rings is 1. The molecule has 0 spiro atoms. The third-order valence-electron chi connectivity index (χ3n) is 4.92. The highest BCUT2D eigenvalue weighted by atomic mass is 35.5. The zero-order chi connectivity index (χ0) is 18.2. The Morgan fingerprint density at radius 3 is 2.15 bits per heavy atom. The van der Waals surface area contributed by atoms with Gasteiger partial charge in [-0.2, -0.15) is 13.2 Å². The van der Waals surface area contributed by atoms with E-state index in [1.165, 1.54) is 12.1 Å². The molecule has 26 heavy (non-hydrogen) atoms. The second-order valence-electron chi connectivity index (χ2n) is 6.71. The number of hydrogen-bond acceptors (Lipinski definition) is 2. The van der Waals surface area contributed by atoms with Gasteiger partial charge in [0.15, 0.2) is 0 Å². The lowest BCUT2D eigenvalue weighted by Crippen LogP contribution is -2.46. The van der Waals surface area contributed by atoms with Gasteiger partial charge in [-0.15, -0.1) is 12.4 Å². The van der Waals surface area contributed by atoms with E-state index < -0.39 is 36.7 Å². The molecule has 3 nitrogen and oxygen atoms in total. The molecule has 1 aromatic carbocycles. The average Bonchev–Trinajstić information content (AvgIpc) is 2.94. The number of carbonyl (C=O) groups is 1. The molecule has 2 aliphatic heterocycles. The minimum Gasteiger partial charge on any atom is -0.341 e. The Morgan fingerprint density at radius 2 is 1.69 bits per heavy atom. The Kier molecular flexibility index (Phi) is 6.17. The Bertz CT molecular complexity index is 627. The first-order valence-corrected chi connectivity index (χ1v) is 8.23. The molecule has 2 saturated heterocycles. The highest BCUT2D eigenvalue weighted by molar-refractivity contribution is 5.85. The van der Waals surface area contributed by atoms with Crippen molar-refractivity contribution in [2.24, 2.45) is 0 Å². The number of rotatable bonds is 2. The summed E-state index contributed by atoms with van der Waals surface area (Å²) in [7, 11) is 0. The van der Waals surface area contributed by atoms with E-state index in [0.717, 1.165) is 17.7 Å². The van der Waals surface area contributed by atoms with Gasteiger partial charge < -0.3 is 4.90 Å². The molecule has 2 fully saturated rings. The van der Waals surface area contributed by atoms with Gasteiger partial charge in [0, 0.05) is 19.5 Å². The zero-order valence-corrected chi connectivity index (χ0v) is 14.7. The van der Waals surface area contributed by atoms with Crippen molar-refractivity contribution in [3.05, 3.63) is 35.4 Å². The highest BCUT2D eigenvalue weighted by Gasteiger charge is 2.44. The van der Waals surface area contributed by atoms with Gasteiger partial charge in [0.1, 0.15) is 0 Å². The van der Waals surface area contributed by atoms with Gasteiger partial charge >= 0.3 is 6.18 Å². The first kappa shape index (κ1) is 20.9. The molecule has 0 aromatic heterocycles. The van der Waals surface area contributed by atoms with E-state index in [1.54, 1.807) is 4.90 Å². The van der Waals surface area contributed by atoms with Crippen LogP contribution in [0.1, 0.15) is 36.3 Å². The monoisotopic (exact) mass is 398 g/mol. The van der Waals surface area contributed by atoms with Crippen LogP contribution in [-0.2, 0) is 11.0 Å². The fourth-order valence-electron chi connectivity index (χ4n) is 3.49. The van der Waals surface area contributed by atoms with E-state index in [-0.39, 0.29) is 24.2 Å². The van der Waals surface area contributed by atoms with Crippen molar-refractivity contribution in [2.45, 2.75) is 43.3 Å². The maximum atomic E-state index is 13.2. The highest BCUT2D eigenvalue weighted by Crippen LogP contribution is 2.33. The predicted octanol–water partition coefficient (Wildman–Crippen LogP) is 3.83. The van der Waals surface area contributed by atoms with E-state index in [4.69, 9.17) is 0 Å². The van der Waals surface area contributed by atoms with Gasteiger partial charge in [-0.25, -0.2) is 8.78 Å². The number of halogens is 6. The molecule has 2 aliphatic rings. The van der Waals surface area contributed by atoms with Crippen LogP contribution in [0.25, 0.3) is 0 Å². The Labute approximate surface area is 154 Å². The largest absolute Gasteiger partial charge is 0.416 e. The molecule has 2 heterocycles. The maximum Gasteiger partial charge on any atom is 0.416 e. The minimum absolute atomic E-state index is 0. The van der Waals surface area contributed by atoms with Gasteiger partial charge in [-0.1, -0.05) is 12.1 Å². The van der Waals surface area contributed by atoms with Gasteiger partial charge in [-0.3, -0.25) is 10.1 Å². The number of nitrogens with one attached hydrogen (secondary N) is 1. The molecule has 0 radical (unpaired) electrons. The molecule has 1 aromatic rings. The van der Waals surface area contributed by atoms with Crippen molar-refractivity contribution < 1.29 is 26.7 Å². The number of benzene rings is 1. The molecular weight excluding hydrogens is 379 g/mol. The number of likely N-dealkylation sites (tertiary alicyclic amines) is 1. The van der Waals surface area contributed by atoms with Crippen molar-refractivity contribution in [2.75, 3.05) is 19.6 Å². The van der Waals surface area contributed by atoms with E-state index in [0.29, 0.717) is 25.9 Å². The fourth-order valence-corrected chi connectivity index (χ4v) is 3.49. The summed E-state index contributed by atoms with van der Waals surface area (Å²) in [5, 5.41) is 2.56. The van der Waals surface area contributed by atoms with Crippen LogP contribution >= 0.6 is 12.4 Å². The van der Waals surface area contributed by atoms with Gasteiger partial charge in [0.05, 0.1) is 18.2 Å². The summed E-state index contributed by atoms with van der Waals surface area (Å²) in [5.41, 5.74) is 0.128. The first-order valence-electron chi connectivity index (χ1n) is 8.23. The summed E-state index contributed by atoms with van der Waals surface area (Å²) in [6.07, 6.45) is -3.62. The third kappa shape index (κ3) is 4.65. The second kappa shape index (κ2) is 7.68. The third-order valence-corrected chi connectivity index (χ3v) is 4.92. The molecule has 1 atom stereocenters. The normalized spacial score (nSPS) is 23.6.